The molecule has 0 spiro atoms. The third kappa shape index (κ3) is 2.04. The first-order chi connectivity index (χ1) is 9.92. The summed E-state index contributed by atoms with van der Waals surface area (Å²) < 4.78 is 12.4. The van der Waals surface area contributed by atoms with Crippen molar-refractivity contribution >= 4 is 21.4 Å². The van der Waals surface area contributed by atoms with Crippen molar-refractivity contribution in [2.45, 2.75) is 6.29 Å². The Kier molecular flexibility index (Phi) is 3.03. The first-order valence-corrected chi connectivity index (χ1v) is 7.59. The van der Waals surface area contributed by atoms with Gasteiger partial charge >= 0.3 is 0 Å². The Morgan fingerprint density at radius 1 is 0.900 bits per heavy atom. The number of hydrogen-bond donors (Lipinski definition) is 0. The summed E-state index contributed by atoms with van der Waals surface area (Å²) in [6, 6.07) is 17.0. The molecule has 0 unspecified atom stereocenters. The highest BCUT2D eigenvalue weighted by molar-refractivity contribution is 7.17. The predicted molar refractivity (Wildman–Crippen MR) is 81.9 cm³/mol. The molecule has 100 valence electrons. The zero-order valence-electron chi connectivity index (χ0n) is 10.9. The minimum Gasteiger partial charge on any atom is -0.346 e. The maximum absolute atomic E-state index is 5.52. The maximum atomic E-state index is 5.52. The summed E-state index contributed by atoms with van der Waals surface area (Å²) in [7, 11) is 0. The fourth-order valence-electron chi connectivity index (χ4n) is 2.57. The van der Waals surface area contributed by atoms with Gasteiger partial charge in [-0.2, -0.15) is 0 Å². The highest BCUT2D eigenvalue weighted by Crippen LogP contribution is 2.34. The summed E-state index contributed by atoms with van der Waals surface area (Å²) in [5, 5.41) is 3.54. The molecule has 0 saturated carbocycles. The van der Waals surface area contributed by atoms with Crippen molar-refractivity contribution in [3.8, 4) is 11.1 Å². The Bertz CT molecular complexity index is 724. The second-order valence-corrected chi connectivity index (χ2v) is 5.75. The summed E-state index contributed by atoms with van der Waals surface area (Å²) in [4.78, 5) is 0. The summed E-state index contributed by atoms with van der Waals surface area (Å²) in [5.41, 5.74) is 3.63. The van der Waals surface area contributed by atoms with Crippen LogP contribution in [0.15, 0.2) is 53.9 Å². The largest absolute Gasteiger partial charge is 0.346 e. The van der Waals surface area contributed by atoms with Gasteiger partial charge < -0.3 is 9.47 Å². The standard InChI is InChI=1S/C17H14O2S/c1-2-4-16-14(3-1)15(11-20-16)12-5-7-13(8-6-12)17-18-9-10-19-17/h1-8,11,17H,9-10H2. The minimum atomic E-state index is -0.191. The number of hydrogen-bond acceptors (Lipinski definition) is 3. The molecule has 2 nitrogen and oxygen atoms in total. The van der Waals surface area contributed by atoms with Gasteiger partial charge in [0, 0.05) is 21.2 Å². The van der Waals surface area contributed by atoms with Gasteiger partial charge in [-0.25, -0.2) is 0 Å². The van der Waals surface area contributed by atoms with E-state index < -0.39 is 0 Å². The Balaban J connectivity index is 1.71. The molecule has 0 N–H and O–H groups in total. The van der Waals surface area contributed by atoms with Crippen LogP contribution in [0.4, 0.5) is 0 Å². The van der Waals surface area contributed by atoms with Crippen molar-refractivity contribution in [1.29, 1.82) is 0 Å². The molecule has 3 heteroatoms. The Morgan fingerprint density at radius 3 is 2.45 bits per heavy atom. The summed E-state index contributed by atoms with van der Waals surface area (Å²) in [5.74, 6) is 0. The van der Waals surface area contributed by atoms with Gasteiger partial charge in [-0.1, -0.05) is 42.5 Å². The van der Waals surface area contributed by atoms with E-state index in [4.69, 9.17) is 9.47 Å². The van der Waals surface area contributed by atoms with Crippen molar-refractivity contribution < 1.29 is 9.47 Å². The van der Waals surface area contributed by atoms with Crippen LogP contribution in [0.1, 0.15) is 11.9 Å². The summed E-state index contributed by atoms with van der Waals surface area (Å²) >= 11 is 1.79. The van der Waals surface area contributed by atoms with Gasteiger partial charge in [0.05, 0.1) is 13.2 Å². The Hall–Kier alpha value is -1.68. The summed E-state index contributed by atoms with van der Waals surface area (Å²) in [6.45, 7) is 1.36. The Labute approximate surface area is 121 Å². The topological polar surface area (TPSA) is 18.5 Å². The van der Waals surface area contributed by atoms with E-state index in [1.807, 2.05) is 0 Å². The fraction of sp³-hybridized carbons (Fsp3) is 0.176. The molecule has 0 bridgehead atoms. The molecule has 1 aliphatic rings. The van der Waals surface area contributed by atoms with Crippen molar-refractivity contribution in [3.05, 3.63) is 59.5 Å². The van der Waals surface area contributed by atoms with E-state index in [1.54, 1.807) is 11.3 Å². The summed E-state index contributed by atoms with van der Waals surface area (Å²) in [6.07, 6.45) is -0.191. The molecule has 0 aliphatic carbocycles. The van der Waals surface area contributed by atoms with Crippen molar-refractivity contribution in [2.24, 2.45) is 0 Å². The molecule has 2 aromatic carbocycles. The smallest absolute Gasteiger partial charge is 0.184 e. The molecule has 0 radical (unpaired) electrons. The highest BCUT2D eigenvalue weighted by Gasteiger charge is 2.18. The number of thiophene rings is 1. The van der Waals surface area contributed by atoms with Crippen LogP contribution in [-0.2, 0) is 9.47 Å². The van der Waals surface area contributed by atoms with Crippen LogP contribution in [0.2, 0.25) is 0 Å². The fourth-order valence-corrected chi connectivity index (χ4v) is 3.54. The number of ether oxygens (including phenoxy) is 2. The van der Waals surface area contributed by atoms with E-state index in [0.29, 0.717) is 13.2 Å². The van der Waals surface area contributed by atoms with Gasteiger partial charge in [0.15, 0.2) is 6.29 Å². The van der Waals surface area contributed by atoms with Crippen LogP contribution >= 0.6 is 11.3 Å². The lowest BCUT2D eigenvalue weighted by Crippen LogP contribution is -1.97. The number of fused-ring (bicyclic) bond motifs is 1. The molecule has 0 amide bonds. The van der Waals surface area contributed by atoms with E-state index in [2.05, 4.69) is 53.9 Å². The maximum Gasteiger partial charge on any atom is 0.184 e. The first kappa shape index (κ1) is 12.1. The molecule has 4 rings (SSSR count). The van der Waals surface area contributed by atoms with E-state index >= 15 is 0 Å². The van der Waals surface area contributed by atoms with Crippen LogP contribution < -0.4 is 0 Å². The molecule has 1 fully saturated rings. The van der Waals surface area contributed by atoms with E-state index in [1.165, 1.54) is 21.2 Å². The number of rotatable bonds is 2. The van der Waals surface area contributed by atoms with Gasteiger partial charge in [0.1, 0.15) is 0 Å². The van der Waals surface area contributed by atoms with Crippen LogP contribution in [0.25, 0.3) is 21.2 Å². The second-order valence-electron chi connectivity index (χ2n) is 4.84. The van der Waals surface area contributed by atoms with Gasteiger partial charge in [-0.05, 0) is 17.0 Å². The van der Waals surface area contributed by atoms with E-state index in [0.717, 1.165) is 5.56 Å². The average molecular weight is 282 g/mol. The minimum absolute atomic E-state index is 0.191. The molecule has 1 aliphatic heterocycles. The monoisotopic (exact) mass is 282 g/mol. The second kappa shape index (κ2) is 5.02. The normalized spacial score (nSPS) is 16.0. The van der Waals surface area contributed by atoms with Crippen LogP contribution in [0.5, 0.6) is 0 Å². The average Bonchev–Trinajstić information content (AvgIpc) is 3.17. The molecule has 3 aromatic rings. The lowest BCUT2D eigenvalue weighted by Gasteiger charge is -2.09. The van der Waals surface area contributed by atoms with E-state index in [-0.39, 0.29) is 6.29 Å². The predicted octanol–water partition coefficient (Wildman–Crippen LogP) is 4.61. The lowest BCUT2D eigenvalue weighted by atomic mass is 10.0. The molecule has 20 heavy (non-hydrogen) atoms. The molecule has 1 aromatic heterocycles. The van der Waals surface area contributed by atoms with Gasteiger partial charge in [-0.3, -0.25) is 0 Å². The first-order valence-electron chi connectivity index (χ1n) is 6.71. The molecular formula is C17H14O2S. The van der Waals surface area contributed by atoms with Crippen molar-refractivity contribution in [1.82, 2.24) is 0 Å². The quantitative estimate of drug-likeness (QED) is 0.683. The third-order valence-corrected chi connectivity index (χ3v) is 4.56. The van der Waals surface area contributed by atoms with Crippen molar-refractivity contribution in [3.63, 3.8) is 0 Å². The Morgan fingerprint density at radius 2 is 1.65 bits per heavy atom. The third-order valence-electron chi connectivity index (χ3n) is 3.60. The molecular weight excluding hydrogens is 268 g/mol. The molecule has 1 saturated heterocycles. The molecule has 2 heterocycles. The zero-order chi connectivity index (χ0) is 13.4. The zero-order valence-corrected chi connectivity index (χ0v) is 11.7. The molecule has 0 atom stereocenters. The van der Waals surface area contributed by atoms with Crippen LogP contribution in [0, 0.1) is 0 Å². The number of benzene rings is 2. The van der Waals surface area contributed by atoms with Crippen LogP contribution in [-0.4, -0.2) is 13.2 Å². The SMILES string of the molecule is c1ccc2c(-c3ccc(C4OCCO4)cc3)csc2c1. The van der Waals surface area contributed by atoms with Crippen LogP contribution in [0.3, 0.4) is 0 Å². The van der Waals surface area contributed by atoms with Crippen molar-refractivity contribution in [2.75, 3.05) is 13.2 Å². The van der Waals surface area contributed by atoms with Gasteiger partial charge in [-0.15, -0.1) is 11.3 Å². The highest BCUT2D eigenvalue weighted by atomic mass is 32.1. The van der Waals surface area contributed by atoms with Gasteiger partial charge in [0.2, 0.25) is 0 Å². The lowest BCUT2D eigenvalue weighted by molar-refractivity contribution is -0.0441. The van der Waals surface area contributed by atoms with Gasteiger partial charge in [0.25, 0.3) is 0 Å². The van der Waals surface area contributed by atoms with E-state index in [9.17, 15) is 0 Å².